The average Bonchev–Trinajstić information content (AvgIpc) is 2.87. The van der Waals surface area contributed by atoms with Crippen molar-refractivity contribution in [3.8, 4) is 11.5 Å². The van der Waals surface area contributed by atoms with Crippen molar-refractivity contribution in [1.29, 1.82) is 0 Å². The summed E-state index contributed by atoms with van der Waals surface area (Å²) in [5.74, 6) is -1.29. The lowest BCUT2D eigenvalue weighted by atomic mass is 9.67. The van der Waals surface area contributed by atoms with E-state index in [1.54, 1.807) is 24.3 Å². The normalized spacial score (nSPS) is 21.4. The molecule has 7 nitrogen and oxygen atoms in total. The van der Waals surface area contributed by atoms with Crippen LogP contribution in [0.4, 0.5) is 0 Å². The molecule has 8 heteroatoms. The summed E-state index contributed by atoms with van der Waals surface area (Å²) in [6.45, 7) is 0.137. The van der Waals surface area contributed by atoms with E-state index < -0.39 is 17.8 Å². The van der Waals surface area contributed by atoms with Crippen LogP contribution in [0.1, 0.15) is 65.9 Å². The Hall–Kier alpha value is -3.45. The van der Waals surface area contributed by atoms with Crippen LogP contribution in [0.25, 0.3) is 0 Å². The number of ketones is 2. The van der Waals surface area contributed by atoms with E-state index in [9.17, 15) is 19.5 Å². The van der Waals surface area contributed by atoms with Crippen LogP contribution in [0, 0.1) is 5.92 Å². The first-order valence-corrected chi connectivity index (χ1v) is 12.4. The molecule has 0 N–H and O–H groups in total. The Kier molecular flexibility index (Phi) is 6.67. The van der Waals surface area contributed by atoms with E-state index in [0.717, 1.165) is 48.2 Å². The van der Waals surface area contributed by atoms with Gasteiger partial charge in [-0.15, -0.1) is 0 Å². The number of Topliss-reactive ketones (excluding diaryl/α,β-unsaturated/α-hetero) is 2. The summed E-state index contributed by atoms with van der Waals surface area (Å²) in [7, 11) is 1.51. The molecule has 0 aromatic heterocycles. The zero-order valence-electron chi connectivity index (χ0n) is 19.8. The fourth-order valence-corrected chi connectivity index (χ4v) is 5.68. The smallest absolute Gasteiger partial charge is 0.180 e. The molecule has 0 spiro atoms. The van der Waals surface area contributed by atoms with Crippen molar-refractivity contribution in [2.45, 2.75) is 51.0 Å². The maximum Gasteiger partial charge on any atom is 0.180 e. The second kappa shape index (κ2) is 9.90. The minimum Gasteiger partial charge on any atom is -0.545 e. The van der Waals surface area contributed by atoms with Crippen molar-refractivity contribution in [2.75, 3.05) is 7.11 Å². The molecular weight excluding hydrogens is 482 g/mol. The molecular formula is C28H25ClNO6-. The van der Waals surface area contributed by atoms with Crippen LogP contribution >= 0.6 is 11.6 Å². The van der Waals surface area contributed by atoms with Crippen LogP contribution in [0.3, 0.4) is 0 Å². The number of benzene rings is 2. The molecule has 1 saturated carbocycles. The SMILES string of the molecule is COc1cc(C2C3=C(CCCC3=O)N=C3CCCC(=O)C32)cc(Cl)c1OCc1ccc(C(=O)[O-])cc1. The lowest BCUT2D eigenvalue weighted by Crippen LogP contribution is -2.39. The van der Waals surface area contributed by atoms with Gasteiger partial charge in [0.15, 0.2) is 17.3 Å². The summed E-state index contributed by atoms with van der Waals surface area (Å²) in [4.78, 5) is 41.9. The number of methoxy groups -OCH3 is 1. The van der Waals surface area contributed by atoms with Gasteiger partial charge in [-0.05, 0) is 54.5 Å². The number of carbonyl (C=O) groups excluding carboxylic acids is 3. The Morgan fingerprint density at radius 2 is 1.81 bits per heavy atom. The number of aromatic carboxylic acids is 1. The van der Waals surface area contributed by atoms with Gasteiger partial charge in [-0.3, -0.25) is 14.6 Å². The number of hydrogen-bond donors (Lipinski definition) is 0. The molecule has 2 aromatic rings. The fraction of sp³-hybridized carbons (Fsp3) is 0.357. The Balaban J connectivity index is 1.50. The van der Waals surface area contributed by atoms with Crippen molar-refractivity contribution in [3.05, 3.63) is 69.4 Å². The predicted octanol–water partition coefficient (Wildman–Crippen LogP) is 4.21. The summed E-state index contributed by atoms with van der Waals surface area (Å²) in [6.07, 6.45) is 3.94. The molecule has 0 amide bonds. The fourth-order valence-electron chi connectivity index (χ4n) is 5.41. The molecule has 5 rings (SSSR count). The second-order valence-corrected chi connectivity index (χ2v) is 9.73. The molecule has 0 radical (unpaired) electrons. The van der Waals surface area contributed by atoms with Gasteiger partial charge in [0.2, 0.25) is 0 Å². The number of halogens is 1. The Labute approximate surface area is 213 Å². The summed E-state index contributed by atoms with van der Waals surface area (Å²) in [5.41, 5.74) is 3.85. The highest BCUT2D eigenvalue weighted by molar-refractivity contribution is 6.32. The number of rotatable bonds is 6. The molecule has 1 aliphatic heterocycles. The summed E-state index contributed by atoms with van der Waals surface area (Å²) in [6, 6.07) is 9.72. The molecule has 2 aromatic carbocycles. The zero-order valence-corrected chi connectivity index (χ0v) is 20.6. The number of carbonyl (C=O) groups is 3. The summed E-state index contributed by atoms with van der Waals surface area (Å²) in [5, 5.41) is 11.3. The van der Waals surface area contributed by atoms with Gasteiger partial charge in [0.25, 0.3) is 0 Å². The maximum atomic E-state index is 13.1. The van der Waals surface area contributed by atoms with Gasteiger partial charge in [-0.1, -0.05) is 35.9 Å². The number of carboxylic acid groups (broad SMARTS) is 1. The van der Waals surface area contributed by atoms with E-state index in [-0.39, 0.29) is 23.7 Å². The van der Waals surface area contributed by atoms with E-state index in [2.05, 4.69) is 0 Å². The molecule has 1 heterocycles. The van der Waals surface area contributed by atoms with Crippen molar-refractivity contribution in [3.63, 3.8) is 0 Å². The van der Waals surface area contributed by atoms with E-state index in [4.69, 9.17) is 26.1 Å². The number of nitrogens with zero attached hydrogens (tertiary/aromatic N) is 1. The second-order valence-electron chi connectivity index (χ2n) is 9.32. The molecule has 2 unspecified atom stereocenters. The van der Waals surface area contributed by atoms with Gasteiger partial charge < -0.3 is 19.4 Å². The first-order chi connectivity index (χ1) is 17.4. The molecule has 3 aliphatic rings. The maximum absolute atomic E-state index is 13.1. The molecule has 36 heavy (non-hydrogen) atoms. The van der Waals surface area contributed by atoms with E-state index in [1.165, 1.54) is 19.2 Å². The van der Waals surface area contributed by atoms with Gasteiger partial charge >= 0.3 is 0 Å². The Bertz CT molecular complexity index is 1310. The highest BCUT2D eigenvalue weighted by Gasteiger charge is 2.44. The standard InChI is InChI=1S/C28H26ClNO6/c1-35-23-13-17(12-18(29)27(23)36-14-15-8-10-16(11-9-15)28(33)34)24-25-19(4-2-6-21(25)31)30-20-5-3-7-22(32)26(20)24/h8-13,24-25H,2-7,14H2,1H3,(H,33,34)/p-1. The molecule has 1 fully saturated rings. The van der Waals surface area contributed by atoms with Gasteiger partial charge in [0, 0.05) is 35.7 Å². The minimum absolute atomic E-state index is 0.0397. The van der Waals surface area contributed by atoms with Crippen molar-refractivity contribution >= 4 is 34.8 Å². The number of hydrogen-bond acceptors (Lipinski definition) is 7. The van der Waals surface area contributed by atoms with Crippen LogP contribution in [-0.2, 0) is 16.2 Å². The number of allylic oxidation sites excluding steroid dienone is 2. The highest BCUT2D eigenvalue weighted by atomic mass is 35.5. The lowest BCUT2D eigenvalue weighted by Gasteiger charge is -2.38. The first kappa shape index (κ1) is 24.3. The average molecular weight is 507 g/mol. The van der Waals surface area contributed by atoms with Crippen LogP contribution < -0.4 is 14.6 Å². The monoisotopic (exact) mass is 506 g/mol. The minimum atomic E-state index is -1.25. The molecule has 186 valence electrons. The number of carboxylic acids is 1. The predicted molar refractivity (Wildman–Crippen MR) is 132 cm³/mol. The van der Waals surface area contributed by atoms with Gasteiger partial charge in [0.1, 0.15) is 12.4 Å². The molecule has 0 bridgehead atoms. The van der Waals surface area contributed by atoms with E-state index in [0.29, 0.717) is 34.9 Å². The number of fused-ring (bicyclic) bond motifs is 1. The largest absolute Gasteiger partial charge is 0.545 e. The third-order valence-corrected chi connectivity index (χ3v) is 7.38. The Morgan fingerprint density at radius 1 is 1.06 bits per heavy atom. The van der Waals surface area contributed by atoms with Gasteiger partial charge in [-0.25, -0.2) is 0 Å². The summed E-state index contributed by atoms with van der Waals surface area (Å²) < 4.78 is 11.6. The molecule has 2 atom stereocenters. The summed E-state index contributed by atoms with van der Waals surface area (Å²) >= 11 is 6.68. The van der Waals surface area contributed by atoms with Crippen LogP contribution in [0.2, 0.25) is 5.02 Å². The van der Waals surface area contributed by atoms with E-state index >= 15 is 0 Å². The van der Waals surface area contributed by atoms with Crippen molar-refractivity contribution in [2.24, 2.45) is 10.9 Å². The molecule has 2 aliphatic carbocycles. The van der Waals surface area contributed by atoms with Crippen LogP contribution in [0.5, 0.6) is 11.5 Å². The number of ether oxygens (including phenoxy) is 2. The number of aliphatic imine (C=N–C) groups is 1. The zero-order chi connectivity index (χ0) is 25.4. The Morgan fingerprint density at radius 3 is 2.53 bits per heavy atom. The molecule has 0 saturated heterocycles. The van der Waals surface area contributed by atoms with Gasteiger partial charge in [-0.2, -0.15) is 0 Å². The topological polar surface area (TPSA) is 105 Å². The lowest BCUT2D eigenvalue weighted by molar-refractivity contribution is -0.255. The van der Waals surface area contributed by atoms with Crippen molar-refractivity contribution < 1.29 is 29.0 Å². The van der Waals surface area contributed by atoms with Gasteiger partial charge in [0.05, 0.1) is 24.0 Å². The van der Waals surface area contributed by atoms with Crippen molar-refractivity contribution in [1.82, 2.24) is 0 Å². The van der Waals surface area contributed by atoms with Crippen LogP contribution in [-0.4, -0.2) is 30.4 Å². The van der Waals surface area contributed by atoms with Crippen LogP contribution in [0.15, 0.2) is 52.7 Å². The third-order valence-electron chi connectivity index (χ3n) is 7.10. The third kappa shape index (κ3) is 4.44. The first-order valence-electron chi connectivity index (χ1n) is 12.0. The highest BCUT2D eigenvalue weighted by Crippen LogP contribution is 2.48. The quantitative estimate of drug-likeness (QED) is 0.581. The van der Waals surface area contributed by atoms with E-state index in [1.807, 2.05) is 0 Å².